The molecule has 1 N–H and O–H groups in total. The molecule has 0 aromatic heterocycles. The molecule has 2 aromatic rings. The molecule has 6 heteroatoms. The Balaban J connectivity index is 1.68. The maximum atomic E-state index is 11.9. The summed E-state index contributed by atoms with van der Waals surface area (Å²) >= 11 is 0. The van der Waals surface area contributed by atoms with Gasteiger partial charge in [0.1, 0.15) is 17.2 Å². The van der Waals surface area contributed by atoms with Crippen molar-refractivity contribution in [2.45, 2.75) is 39.5 Å². The fourth-order valence-corrected chi connectivity index (χ4v) is 2.31. The van der Waals surface area contributed by atoms with Crippen molar-refractivity contribution in [3.8, 4) is 17.2 Å². The number of rotatable bonds is 13. The van der Waals surface area contributed by atoms with E-state index in [-0.39, 0.29) is 12.5 Å². The van der Waals surface area contributed by atoms with Crippen LogP contribution in [0.15, 0.2) is 53.6 Å². The molecule has 0 saturated carbocycles. The summed E-state index contributed by atoms with van der Waals surface area (Å²) in [4.78, 5) is 11.9. The first kappa shape index (κ1) is 22.3. The Bertz CT molecular complexity index is 742. The zero-order chi connectivity index (χ0) is 20.7. The molecule has 0 spiro atoms. The van der Waals surface area contributed by atoms with Gasteiger partial charge in [-0.2, -0.15) is 5.10 Å². The van der Waals surface area contributed by atoms with Crippen LogP contribution < -0.4 is 19.6 Å². The number of unbranched alkanes of at least 4 members (excludes halogenated alkanes) is 2. The minimum Gasteiger partial charge on any atom is -0.494 e. The minimum absolute atomic E-state index is 0.114. The van der Waals surface area contributed by atoms with E-state index >= 15 is 0 Å². The molecule has 0 aliphatic carbocycles. The van der Waals surface area contributed by atoms with Crippen molar-refractivity contribution >= 4 is 12.1 Å². The van der Waals surface area contributed by atoms with Crippen LogP contribution in [0, 0.1) is 0 Å². The second-order valence-electron chi connectivity index (χ2n) is 6.53. The Morgan fingerprint density at radius 2 is 1.31 bits per heavy atom. The summed E-state index contributed by atoms with van der Waals surface area (Å²) in [7, 11) is 0. The van der Waals surface area contributed by atoms with E-state index in [0.717, 1.165) is 42.7 Å². The molecule has 2 aromatic carbocycles. The normalized spacial score (nSPS) is 10.7. The van der Waals surface area contributed by atoms with Crippen LogP contribution in [0.2, 0.25) is 0 Å². The Morgan fingerprint density at radius 1 is 0.828 bits per heavy atom. The van der Waals surface area contributed by atoms with E-state index in [2.05, 4.69) is 24.4 Å². The summed E-state index contributed by atoms with van der Waals surface area (Å²) in [5.41, 5.74) is 3.32. The topological polar surface area (TPSA) is 69.2 Å². The van der Waals surface area contributed by atoms with E-state index < -0.39 is 0 Å². The van der Waals surface area contributed by atoms with Gasteiger partial charge in [0.2, 0.25) is 0 Å². The third-order valence-corrected chi connectivity index (χ3v) is 4.01. The lowest BCUT2D eigenvalue weighted by molar-refractivity contribution is -0.123. The van der Waals surface area contributed by atoms with Crippen molar-refractivity contribution in [1.29, 1.82) is 0 Å². The van der Waals surface area contributed by atoms with Gasteiger partial charge in [-0.15, -0.1) is 0 Å². The third-order valence-electron chi connectivity index (χ3n) is 4.01. The molecule has 1 amide bonds. The summed E-state index contributed by atoms with van der Waals surface area (Å²) in [6.45, 7) is 5.55. The van der Waals surface area contributed by atoms with Gasteiger partial charge in [-0.05, 0) is 66.9 Å². The summed E-state index contributed by atoms with van der Waals surface area (Å²) in [6.07, 6.45) is 5.84. The third kappa shape index (κ3) is 9.14. The smallest absolute Gasteiger partial charge is 0.277 e. The lowest BCUT2D eigenvalue weighted by Crippen LogP contribution is -2.24. The SMILES string of the molecule is CCCCOc1ccc(C=NNC(=O)COc2ccc(OCCCC)cc2)cc1. The standard InChI is InChI=1S/C23H30N2O4/c1-3-5-15-27-20-9-7-19(8-10-20)17-24-25-23(26)18-29-22-13-11-21(12-14-22)28-16-6-4-2/h7-14,17H,3-6,15-16,18H2,1-2H3,(H,25,26). The molecule has 29 heavy (non-hydrogen) atoms. The highest BCUT2D eigenvalue weighted by molar-refractivity contribution is 5.83. The summed E-state index contributed by atoms with van der Waals surface area (Å²) in [5.74, 6) is 1.89. The van der Waals surface area contributed by atoms with Crippen LogP contribution in [0.1, 0.15) is 45.1 Å². The average molecular weight is 399 g/mol. The van der Waals surface area contributed by atoms with Gasteiger partial charge in [0, 0.05) is 0 Å². The number of hydrazone groups is 1. The van der Waals surface area contributed by atoms with E-state index in [9.17, 15) is 4.79 Å². The average Bonchev–Trinajstić information content (AvgIpc) is 2.75. The van der Waals surface area contributed by atoms with E-state index in [1.165, 1.54) is 0 Å². The van der Waals surface area contributed by atoms with Crippen LogP contribution in [0.3, 0.4) is 0 Å². The summed E-state index contributed by atoms with van der Waals surface area (Å²) in [6, 6.07) is 14.8. The molecule has 0 aliphatic heterocycles. The second kappa shape index (κ2) is 13.2. The van der Waals surface area contributed by atoms with Crippen molar-refractivity contribution in [3.05, 3.63) is 54.1 Å². The Labute approximate surface area is 172 Å². The van der Waals surface area contributed by atoms with E-state index in [0.29, 0.717) is 19.0 Å². The number of amides is 1. The molecule has 0 unspecified atom stereocenters. The lowest BCUT2D eigenvalue weighted by atomic mass is 10.2. The van der Waals surface area contributed by atoms with Gasteiger partial charge in [-0.1, -0.05) is 26.7 Å². The van der Waals surface area contributed by atoms with Crippen LogP contribution >= 0.6 is 0 Å². The lowest BCUT2D eigenvalue weighted by Gasteiger charge is -2.08. The van der Waals surface area contributed by atoms with Crippen molar-refractivity contribution in [2.24, 2.45) is 5.10 Å². The molecular weight excluding hydrogens is 368 g/mol. The number of nitrogens with zero attached hydrogens (tertiary/aromatic N) is 1. The number of ether oxygens (including phenoxy) is 3. The molecule has 156 valence electrons. The Hall–Kier alpha value is -3.02. The van der Waals surface area contributed by atoms with Crippen LogP contribution in [-0.2, 0) is 4.79 Å². The number of nitrogens with one attached hydrogen (secondary N) is 1. The minimum atomic E-state index is -0.330. The maximum Gasteiger partial charge on any atom is 0.277 e. The quantitative estimate of drug-likeness (QED) is 0.305. The number of carbonyl (C=O) groups excluding carboxylic acids is 1. The molecule has 2 rings (SSSR count). The number of carbonyl (C=O) groups is 1. The number of hydrogen-bond donors (Lipinski definition) is 1. The predicted molar refractivity (Wildman–Crippen MR) is 115 cm³/mol. The monoisotopic (exact) mass is 398 g/mol. The first-order valence-electron chi connectivity index (χ1n) is 10.1. The van der Waals surface area contributed by atoms with Gasteiger partial charge in [0.25, 0.3) is 5.91 Å². The Kier molecular flexibility index (Phi) is 10.1. The van der Waals surface area contributed by atoms with Crippen LogP contribution in [0.25, 0.3) is 0 Å². The Morgan fingerprint density at radius 3 is 1.83 bits per heavy atom. The van der Waals surface area contributed by atoms with Gasteiger partial charge in [0.15, 0.2) is 6.61 Å². The fraction of sp³-hybridized carbons (Fsp3) is 0.391. The van der Waals surface area contributed by atoms with E-state index in [1.807, 2.05) is 36.4 Å². The zero-order valence-electron chi connectivity index (χ0n) is 17.2. The highest BCUT2D eigenvalue weighted by Gasteiger charge is 2.02. The van der Waals surface area contributed by atoms with Crippen molar-refractivity contribution < 1.29 is 19.0 Å². The molecule has 0 aliphatic rings. The molecule has 6 nitrogen and oxygen atoms in total. The molecule has 0 heterocycles. The van der Waals surface area contributed by atoms with Gasteiger partial charge in [-0.3, -0.25) is 4.79 Å². The fourth-order valence-electron chi connectivity index (χ4n) is 2.31. The highest BCUT2D eigenvalue weighted by atomic mass is 16.5. The van der Waals surface area contributed by atoms with E-state index in [1.54, 1.807) is 18.3 Å². The second-order valence-corrected chi connectivity index (χ2v) is 6.53. The molecular formula is C23H30N2O4. The molecule has 0 radical (unpaired) electrons. The number of benzene rings is 2. The molecule has 0 atom stereocenters. The van der Waals surface area contributed by atoms with Gasteiger partial charge in [0.05, 0.1) is 19.4 Å². The molecule has 0 saturated heterocycles. The van der Waals surface area contributed by atoms with Crippen LogP contribution in [-0.4, -0.2) is 31.9 Å². The first-order chi connectivity index (χ1) is 14.2. The van der Waals surface area contributed by atoms with Crippen LogP contribution in [0.4, 0.5) is 0 Å². The molecule has 0 bridgehead atoms. The highest BCUT2D eigenvalue weighted by Crippen LogP contribution is 2.17. The largest absolute Gasteiger partial charge is 0.494 e. The zero-order valence-corrected chi connectivity index (χ0v) is 17.2. The van der Waals surface area contributed by atoms with Gasteiger partial charge in [-0.25, -0.2) is 5.43 Å². The van der Waals surface area contributed by atoms with Crippen molar-refractivity contribution in [3.63, 3.8) is 0 Å². The van der Waals surface area contributed by atoms with Crippen molar-refractivity contribution in [1.82, 2.24) is 5.43 Å². The summed E-state index contributed by atoms with van der Waals surface area (Å²) < 4.78 is 16.7. The van der Waals surface area contributed by atoms with Gasteiger partial charge < -0.3 is 14.2 Å². The van der Waals surface area contributed by atoms with Gasteiger partial charge >= 0.3 is 0 Å². The predicted octanol–water partition coefficient (Wildman–Crippen LogP) is 4.57. The molecule has 0 fully saturated rings. The maximum absolute atomic E-state index is 11.9. The summed E-state index contributed by atoms with van der Waals surface area (Å²) in [5, 5.41) is 3.95. The number of hydrogen-bond acceptors (Lipinski definition) is 5. The van der Waals surface area contributed by atoms with E-state index in [4.69, 9.17) is 14.2 Å². The van der Waals surface area contributed by atoms with Crippen LogP contribution in [0.5, 0.6) is 17.2 Å². The van der Waals surface area contributed by atoms with Crippen molar-refractivity contribution in [2.75, 3.05) is 19.8 Å². The first-order valence-corrected chi connectivity index (χ1v) is 10.1.